The number of hydrogen-bond donors (Lipinski definition) is 1. The molecule has 2 N–H and O–H groups in total. The Morgan fingerprint density at radius 1 is 1.21 bits per heavy atom. The lowest BCUT2D eigenvalue weighted by Crippen LogP contribution is -2.18. The third kappa shape index (κ3) is 3.63. The third-order valence-electron chi connectivity index (χ3n) is 3.52. The molecular formula is C15H21NO3. The van der Waals surface area contributed by atoms with E-state index in [0.29, 0.717) is 17.0 Å². The number of esters is 1. The number of ether oxygens (including phenoxy) is 2. The van der Waals surface area contributed by atoms with Crippen molar-refractivity contribution in [2.75, 3.05) is 12.8 Å². The lowest BCUT2D eigenvalue weighted by atomic mass is 10.1. The van der Waals surface area contributed by atoms with E-state index in [-0.39, 0.29) is 12.1 Å². The second-order valence-electron chi connectivity index (χ2n) is 4.98. The molecule has 1 saturated carbocycles. The zero-order chi connectivity index (χ0) is 13.7. The van der Waals surface area contributed by atoms with Gasteiger partial charge in [0.25, 0.3) is 0 Å². The molecule has 2 rings (SSSR count). The van der Waals surface area contributed by atoms with Gasteiger partial charge in [-0.15, -0.1) is 0 Å². The van der Waals surface area contributed by atoms with Crippen molar-refractivity contribution in [2.45, 2.75) is 44.6 Å². The Hall–Kier alpha value is -1.71. The summed E-state index contributed by atoms with van der Waals surface area (Å²) in [4.78, 5) is 12.2. The van der Waals surface area contributed by atoms with E-state index in [1.807, 2.05) is 0 Å². The second kappa shape index (κ2) is 6.45. The molecule has 104 valence electrons. The fourth-order valence-corrected chi connectivity index (χ4v) is 2.45. The summed E-state index contributed by atoms with van der Waals surface area (Å²) >= 11 is 0. The fraction of sp³-hybridized carbons (Fsp3) is 0.533. The highest BCUT2D eigenvalue weighted by Gasteiger charge is 2.20. The number of nitrogen functional groups attached to an aromatic ring is 1. The maximum atomic E-state index is 12.2. The van der Waals surface area contributed by atoms with E-state index in [1.54, 1.807) is 18.2 Å². The lowest BCUT2D eigenvalue weighted by molar-refractivity contribution is 0.0264. The Morgan fingerprint density at radius 3 is 2.53 bits per heavy atom. The number of methoxy groups -OCH3 is 1. The van der Waals surface area contributed by atoms with Crippen LogP contribution >= 0.6 is 0 Å². The van der Waals surface area contributed by atoms with Gasteiger partial charge in [-0.3, -0.25) is 0 Å². The number of nitrogens with two attached hydrogens (primary N) is 1. The van der Waals surface area contributed by atoms with E-state index in [4.69, 9.17) is 15.2 Å². The summed E-state index contributed by atoms with van der Waals surface area (Å²) in [6.45, 7) is 0. The highest BCUT2D eigenvalue weighted by Crippen LogP contribution is 2.25. The number of benzene rings is 1. The van der Waals surface area contributed by atoms with Gasteiger partial charge >= 0.3 is 5.97 Å². The molecule has 1 aromatic carbocycles. The first-order valence-corrected chi connectivity index (χ1v) is 6.85. The average molecular weight is 263 g/mol. The van der Waals surface area contributed by atoms with Crippen LogP contribution in [0.2, 0.25) is 0 Å². The SMILES string of the molecule is COc1cc(N)ccc1C(=O)OC1CCCCCC1. The molecule has 0 atom stereocenters. The van der Waals surface area contributed by atoms with Crippen LogP contribution in [0.3, 0.4) is 0 Å². The summed E-state index contributed by atoms with van der Waals surface area (Å²) in [7, 11) is 1.53. The topological polar surface area (TPSA) is 61.5 Å². The van der Waals surface area contributed by atoms with Crippen molar-refractivity contribution in [1.29, 1.82) is 0 Å². The molecule has 1 aromatic rings. The molecule has 0 amide bonds. The standard InChI is InChI=1S/C15H21NO3/c1-18-14-10-11(16)8-9-13(14)15(17)19-12-6-4-2-3-5-7-12/h8-10,12H,2-7,16H2,1H3. The van der Waals surface area contributed by atoms with Gasteiger partial charge in [0.15, 0.2) is 0 Å². The minimum absolute atomic E-state index is 0.0391. The van der Waals surface area contributed by atoms with E-state index in [9.17, 15) is 4.79 Å². The summed E-state index contributed by atoms with van der Waals surface area (Å²) < 4.78 is 10.8. The molecule has 0 aliphatic heterocycles. The monoisotopic (exact) mass is 263 g/mol. The van der Waals surface area contributed by atoms with E-state index in [0.717, 1.165) is 25.7 Å². The van der Waals surface area contributed by atoms with Crippen LogP contribution in [0.1, 0.15) is 48.9 Å². The van der Waals surface area contributed by atoms with Gasteiger partial charge in [0, 0.05) is 11.8 Å². The van der Waals surface area contributed by atoms with Crippen molar-refractivity contribution in [1.82, 2.24) is 0 Å². The molecule has 19 heavy (non-hydrogen) atoms. The molecule has 1 aliphatic carbocycles. The molecule has 0 heterocycles. The van der Waals surface area contributed by atoms with Crippen LogP contribution in [0.15, 0.2) is 18.2 Å². The number of carbonyl (C=O) groups excluding carboxylic acids is 1. The quantitative estimate of drug-likeness (QED) is 0.517. The molecule has 0 saturated heterocycles. The van der Waals surface area contributed by atoms with E-state index in [2.05, 4.69) is 0 Å². The van der Waals surface area contributed by atoms with Crippen molar-refractivity contribution >= 4 is 11.7 Å². The highest BCUT2D eigenvalue weighted by molar-refractivity contribution is 5.93. The molecule has 1 fully saturated rings. The van der Waals surface area contributed by atoms with Crippen LogP contribution in [0, 0.1) is 0 Å². The Bertz CT molecular complexity index is 437. The average Bonchev–Trinajstić information content (AvgIpc) is 2.67. The van der Waals surface area contributed by atoms with Crippen LogP contribution in [0.4, 0.5) is 5.69 Å². The molecule has 0 spiro atoms. The normalized spacial score (nSPS) is 16.7. The zero-order valence-electron chi connectivity index (χ0n) is 11.4. The first kappa shape index (κ1) is 13.7. The molecular weight excluding hydrogens is 242 g/mol. The molecule has 1 aliphatic rings. The Kier molecular flexibility index (Phi) is 4.66. The molecule has 0 radical (unpaired) electrons. The van der Waals surface area contributed by atoms with Crippen molar-refractivity contribution < 1.29 is 14.3 Å². The molecule has 4 nitrogen and oxygen atoms in total. The van der Waals surface area contributed by atoms with Crippen molar-refractivity contribution in [2.24, 2.45) is 0 Å². The first-order chi connectivity index (χ1) is 9.20. The van der Waals surface area contributed by atoms with Crippen LogP contribution in [0.25, 0.3) is 0 Å². The van der Waals surface area contributed by atoms with Gasteiger partial charge in [-0.25, -0.2) is 4.79 Å². The smallest absolute Gasteiger partial charge is 0.342 e. The third-order valence-corrected chi connectivity index (χ3v) is 3.52. The van der Waals surface area contributed by atoms with E-state index in [1.165, 1.54) is 20.0 Å². The summed E-state index contributed by atoms with van der Waals surface area (Å²) in [5, 5.41) is 0. The molecule has 0 unspecified atom stereocenters. The molecule has 4 heteroatoms. The van der Waals surface area contributed by atoms with Gasteiger partial charge in [0.2, 0.25) is 0 Å². The Labute approximate surface area is 113 Å². The minimum Gasteiger partial charge on any atom is -0.496 e. The van der Waals surface area contributed by atoms with E-state index >= 15 is 0 Å². The molecule has 0 aromatic heterocycles. The fourth-order valence-electron chi connectivity index (χ4n) is 2.45. The summed E-state index contributed by atoms with van der Waals surface area (Å²) in [6, 6.07) is 4.99. The number of anilines is 1. The number of carbonyl (C=O) groups is 1. The largest absolute Gasteiger partial charge is 0.496 e. The predicted molar refractivity (Wildman–Crippen MR) is 74.3 cm³/mol. The van der Waals surface area contributed by atoms with Gasteiger partial charge in [-0.05, 0) is 37.8 Å². The Balaban J connectivity index is 2.06. The van der Waals surface area contributed by atoms with Gasteiger partial charge in [-0.1, -0.05) is 12.8 Å². The Morgan fingerprint density at radius 2 is 1.89 bits per heavy atom. The summed E-state index contributed by atoms with van der Waals surface area (Å²) in [5.74, 6) is 0.155. The maximum absolute atomic E-state index is 12.2. The summed E-state index contributed by atoms with van der Waals surface area (Å²) in [5.41, 5.74) is 6.69. The van der Waals surface area contributed by atoms with Crippen LogP contribution < -0.4 is 10.5 Å². The van der Waals surface area contributed by atoms with Crippen LogP contribution in [-0.2, 0) is 4.74 Å². The zero-order valence-corrected chi connectivity index (χ0v) is 11.4. The van der Waals surface area contributed by atoms with Gasteiger partial charge in [-0.2, -0.15) is 0 Å². The first-order valence-electron chi connectivity index (χ1n) is 6.85. The van der Waals surface area contributed by atoms with Gasteiger partial charge in [0.05, 0.1) is 7.11 Å². The van der Waals surface area contributed by atoms with E-state index < -0.39 is 0 Å². The highest BCUT2D eigenvalue weighted by atomic mass is 16.5. The summed E-state index contributed by atoms with van der Waals surface area (Å²) in [6.07, 6.45) is 6.70. The van der Waals surface area contributed by atoms with Gasteiger partial charge < -0.3 is 15.2 Å². The second-order valence-corrected chi connectivity index (χ2v) is 4.98. The van der Waals surface area contributed by atoms with Crippen LogP contribution in [-0.4, -0.2) is 19.2 Å². The number of rotatable bonds is 3. The molecule has 0 bridgehead atoms. The predicted octanol–water partition coefficient (Wildman–Crippen LogP) is 3.16. The van der Waals surface area contributed by atoms with Crippen molar-refractivity contribution in [3.63, 3.8) is 0 Å². The van der Waals surface area contributed by atoms with Crippen molar-refractivity contribution in [3.8, 4) is 5.75 Å². The van der Waals surface area contributed by atoms with Gasteiger partial charge in [0.1, 0.15) is 17.4 Å². The van der Waals surface area contributed by atoms with Crippen LogP contribution in [0.5, 0.6) is 5.75 Å². The van der Waals surface area contributed by atoms with Crippen molar-refractivity contribution in [3.05, 3.63) is 23.8 Å². The number of hydrogen-bond acceptors (Lipinski definition) is 4. The maximum Gasteiger partial charge on any atom is 0.342 e. The lowest BCUT2D eigenvalue weighted by Gasteiger charge is -2.16. The minimum atomic E-state index is -0.316.